The van der Waals surface area contributed by atoms with Crippen molar-refractivity contribution in [2.24, 2.45) is 11.3 Å². The van der Waals surface area contributed by atoms with Crippen LogP contribution in [0.25, 0.3) is 0 Å². The van der Waals surface area contributed by atoms with Gasteiger partial charge in [-0.15, -0.1) is 0 Å². The van der Waals surface area contributed by atoms with Crippen LogP contribution < -0.4 is 5.32 Å². The molecule has 1 heterocycles. The van der Waals surface area contributed by atoms with E-state index in [9.17, 15) is 0 Å². The number of aryl methyl sites for hydroxylation is 1. The summed E-state index contributed by atoms with van der Waals surface area (Å²) >= 11 is 0. The van der Waals surface area contributed by atoms with Crippen LogP contribution in [0.4, 0.5) is 5.95 Å². The van der Waals surface area contributed by atoms with Gasteiger partial charge in [-0.3, -0.25) is 0 Å². The van der Waals surface area contributed by atoms with E-state index in [4.69, 9.17) is 4.98 Å². The molecule has 0 amide bonds. The highest BCUT2D eigenvalue weighted by Crippen LogP contribution is 2.43. The monoisotopic (exact) mass is 275 g/mol. The largest absolute Gasteiger partial charge is 0.355 e. The Morgan fingerprint density at radius 3 is 2.65 bits per heavy atom. The Bertz CT molecular complexity index is 451. The van der Waals surface area contributed by atoms with Crippen molar-refractivity contribution < 1.29 is 0 Å². The molecule has 112 valence electrons. The zero-order chi connectivity index (χ0) is 14.2. The molecular formula is C17H29N3. The van der Waals surface area contributed by atoms with Gasteiger partial charge in [0.05, 0.1) is 5.69 Å². The summed E-state index contributed by atoms with van der Waals surface area (Å²) in [6.07, 6.45) is 11.8. The lowest BCUT2D eigenvalue weighted by atomic mass is 9.78. The number of imidazole rings is 1. The quantitative estimate of drug-likeness (QED) is 0.825. The molecule has 20 heavy (non-hydrogen) atoms. The zero-order valence-electron chi connectivity index (χ0n) is 13.3. The van der Waals surface area contributed by atoms with Gasteiger partial charge in [0.25, 0.3) is 0 Å². The first-order valence-corrected chi connectivity index (χ1v) is 8.37. The number of nitrogens with zero attached hydrogens (tertiary/aromatic N) is 2. The van der Waals surface area contributed by atoms with Crippen LogP contribution in [0.3, 0.4) is 0 Å². The summed E-state index contributed by atoms with van der Waals surface area (Å²) < 4.78 is 2.37. The molecule has 0 saturated heterocycles. The van der Waals surface area contributed by atoms with Crippen molar-refractivity contribution in [2.45, 2.75) is 71.8 Å². The average Bonchev–Trinajstić information content (AvgIpc) is 3.02. The van der Waals surface area contributed by atoms with Crippen LogP contribution in [0, 0.1) is 18.3 Å². The number of hydrogen-bond acceptors (Lipinski definition) is 2. The SMILES string of the molecule is Cc1cn(C2CC2)c(NCC2(CC(C)C)CCCC2)n1. The van der Waals surface area contributed by atoms with E-state index >= 15 is 0 Å². The third-order valence-electron chi connectivity index (χ3n) is 4.92. The molecule has 1 aromatic rings. The molecule has 0 bridgehead atoms. The average molecular weight is 275 g/mol. The van der Waals surface area contributed by atoms with Crippen LogP contribution in [0.5, 0.6) is 0 Å². The molecule has 3 heteroatoms. The number of rotatable bonds is 6. The summed E-state index contributed by atoms with van der Waals surface area (Å²) in [5.41, 5.74) is 1.66. The number of nitrogens with one attached hydrogen (secondary N) is 1. The summed E-state index contributed by atoms with van der Waals surface area (Å²) in [7, 11) is 0. The fourth-order valence-electron chi connectivity index (χ4n) is 3.99. The first-order valence-electron chi connectivity index (χ1n) is 8.37. The Balaban J connectivity index is 1.68. The topological polar surface area (TPSA) is 29.9 Å². The predicted octanol–water partition coefficient (Wildman–Crippen LogP) is 4.54. The molecule has 2 fully saturated rings. The normalized spacial score (nSPS) is 21.6. The van der Waals surface area contributed by atoms with Crippen LogP contribution in [-0.2, 0) is 0 Å². The molecule has 0 spiro atoms. The van der Waals surface area contributed by atoms with Gasteiger partial charge in [0.2, 0.25) is 5.95 Å². The van der Waals surface area contributed by atoms with Crippen molar-refractivity contribution >= 4 is 5.95 Å². The van der Waals surface area contributed by atoms with Crippen LogP contribution in [0.15, 0.2) is 6.20 Å². The standard InChI is InChI=1S/C17H29N3/c1-13(2)10-17(8-4-5-9-17)12-18-16-19-14(3)11-20(16)15-6-7-15/h11,13,15H,4-10,12H2,1-3H3,(H,18,19). The molecule has 1 N–H and O–H groups in total. The first kappa shape index (κ1) is 14.0. The Hall–Kier alpha value is -0.990. The summed E-state index contributed by atoms with van der Waals surface area (Å²) in [6.45, 7) is 7.92. The third kappa shape index (κ3) is 3.02. The van der Waals surface area contributed by atoms with E-state index in [0.717, 1.165) is 24.1 Å². The van der Waals surface area contributed by atoms with Crippen molar-refractivity contribution in [3.8, 4) is 0 Å². The van der Waals surface area contributed by atoms with E-state index in [1.165, 1.54) is 44.9 Å². The molecule has 3 rings (SSSR count). The van der Waals surface area contributed by atoms with Gasteiger partial charge in [0, 0.05) is 18.8 Å². The van der Waals surface area contributed by atoms with Crippen LogP contribution in [-0.4, -0.2) is 16.1 Å². The van der Waals surface area contributed by atoms with Gasteiger partial charge in [-0.1, -0.05) is 26.7 Å². The van der Waals surface area contributed by atoms with Crippen molar-refractivity contribution in [1.82, 2.24) is 9.55 Å². The lowest BCUT2D eigenvalue weighted by Crippen LogP contribution is -2.29. The number of aromatic nitrogens is 2. The van der Waals surface area contributed by atoms with Crippen molar-refractivity contribution in [3.63, 3.8) is 0 Å². The Labute approximate surface area is 123 Å². The fourth-order valence-corrected chi connectivity index (χ4v) is 3.99. The molecule has 0 unspecified atom stereocenters. The molecule has 2 aliphatic rings. The van der Waals surface area contributed by atoms with E-state index in [-0.39, 0.29) is 0 Å². The molecule has 0 aromatic carbocycles. The maximum Gasteiger partial charge on any atom is 0.203 e. The molecule has 0 radical (unpaired) electrons. The molecule has 2 aliphatic carbocycles. The lowest BCUT2D eigenvalue weighted by Gasteiger charge is -2.31. The van der Waals surface area contributed by atoms with Crippen molar-refractivity contribution in [2.75, 3.05) is 11.9 Å². The van der Waals surface area contributed by atoms with Gasteiger partial charge in [-0.2, -0.15) is 0 Å². The highest BCUT2D eigenvalue weighted by atomic mass is 15.2. The minimum atomic E-state index is 0.516. The highest BCUT2D eigenvalue weighted by Gasteiger charge is 2.35. The van der Waals surface area contributed by atoms with Crippen LogP contribution in [0.2, 0.25) is 0 Å². The number of anilines is 1. The molecule has 2 saturated carbocycles. The Morgan fingerprint density at radius 1 is 1.35 bits per heavy atom. The van der Waals surface area contributed by atoms with Crippen molar-refractivity contribution in [3.05, 3.63) is 11.9 Å². The summed E-state index contributed by atoms with van der Waals surface area (Å²) in [5, 5.41) is 3.70. The van der Waals surface area contributed by atoms with Gasteiger partial charge in [-0.25, -0.2) is 4.98 Å². The van der Waals surface area contributed by atoms with Crippen molar-refractivity contribution in [1.29, 1.82) is 0 Å². The molecule has 0 atom stereocenters. The lowest BCUT2D eigenvalue weighted by molar-refractivity contribution is 0.252. The predicted molar refractivity (Wildman–Crippen MR) is 84.1 cm³/mol. The zero-order valence-corrected chi connectivity index (χ0v) is 13.3. The van der Waals surface area contributed by atoms with E-state index in [2.05, 4.69) is 36.9 Å². The fraction of sp³-hybridized carbons (Fsp3) is 0.824. The van der Waals surface area contributed by atoms with E-state index in [1.54, 1.807) is 0 Å². The molecular weight excluding hydrogens is 246 g/mol. The summed E-state index contributed by atoms with van der Waals surface area (Å²) in [5.74, 6) is 1.90. The van der Waals surface area contributed by atoms with Gasteiger partial charge in [-0.05, 0) is 50.4 Å². The maximum atomic E-state index is 4.69. The van der Waals surface area contributed by atoms with Gasteiger partial charge in [0.1, 0.15) is 0 Å². The molecule has 0 aliphatic heterocycles. The van der Waals surface area contributed by atoms with E-state index in [0.29, 0.717) is 11.5 Å². The second kappa shape index (κ2) is 5.42. The summed E-state index contributed by atoms with van der Waals surface area (Å²) in [6, 6.07) is 0.711. The first-order chi connectivity index (χ1) is 9.58. The highest BCUT2D eigenvalue weighted by molar-refractivity contribution is 5.31. The smallest absolute Gasteiger partial charge is 0.203 e. The Kier molecular flexibility index (Phi) is 3.78. The Morgan fingerprint density at radius 2 is 2.05 bits per heavy atom. The van der Waals surface area contributed by atoms with Crippen LogP contribution >= 0.6 is 0 Å². The second-order valence-electron chi connectivity index (χ2n) is 7.50. The molecule has 3 nitrogen and oxygen atoms in total. The third-order valence-corrected chi connectivity index (χ3v) is 4.92. The van der Waals surface area contributed by atoms with Gasteiger partial charge >= 0.3 is 0 Å². The van der Waals surface area contributed by atoms with Crippen LogP contribution in [0.1, 0.15) is 70.5 Å². The number of hydrogen-bond donors (Lipinski definition) is 1. The van der Waals surface area contributed by atoms with Gasteiger partial charge in [0.15, 0.2) is 0 Å². The summed E-state index contributed by atoms with van der Waals surface area (Å²) in [4.78, 5) is 4.69. The molecule has 1 aromatic heterocycles. The van der Waals surface area contributed by atoms with E-state index < -0.39 is 0 Å². The van der Waals surface area contributed by atoms with Gasteiger partial charge < -0.3 is 9.88 Å². The minimum absolute atomic E-state index is 0.516. The second-order valence-corrected chi connectivity index (χ2v) is 7.50. The maximum absolute atomic E-state index is 4.69. The minimum Gasteiger partial charge on any atom is -0.355 e. The van der Waals surface area contributed by atoms with E-state index in [1.807, 2.05) is 0 Å².